The molecule has 1 aliphatic carbocycles. The predicted molar refractivity (Wildman–Crippen MR) is 153 cm³/mol. The van der Waals surface area contributed by atoms with Gasteiger partial charge in [-0.2, -0.15) is 0 Å². The minimum atomic E-state index is -1.51. The van der Waals surface area contributed by atoms with Gasteiger partial charge in [-0.05, 0) is 36.2 Å². The standard InChI is InChI=1S/C34H24ClNO3/c1-20-10-12-23(13-11-20)31(37)30-29(22-14-17-24(35)18-15-22)34(32(38)25-7-3-4-8-26(25)33(34)39)28-19-16-21-6-2-5-9-27(21)36(28)30/h2-19,28-30H,1H3/t28-,29-,30-/m0/s1. The molecule has 3 atom stereocenters. The molecule has 1 saturated heterocycles. The molecule has 4 aromatic rings. The van der Waals surface area contributed by atoms with Crippen LogP contribution in [-0.4, -0.2) is 29.4 Å². The summed E-state index contributed by atoms with van der Waals surface area (Å²) in [6.07, 6.45) is 3.91. The van der Waals surface area contributed by atoms with Crippen LogP contribution in [0.5, 0.6) is 0 Å². The Morgan fingerprint density at radius 1 is 0.795 bits per heavy atom. The molecule has 3 aliphatic rings. The number of nitrogens with zero attached hydrogens (tertiary/aromatic N) is 1. The number of anilines is 1. The fraction of sp³-hybridized carbons (Fsp3) is 0.147. The van der Waals surface area contributed by atoms with Gasteiger partial charge in [-0.1, -0.05) is 108 Å². The number of fused-ring (bicyclic) bond motifs is 5. The molecule has 7 rings (SSSR count). The molecule has 0 bridgehead atoms. The number of aryl methyl sites for hydroxylation is 1. The maximum atomic E-state index is 14.6. The Morgan fingerprint density at radius 2 is 1.41 bits per heavy atom. The smallest absolute Gasteiger partial charge is 0.185 e. The van der Waals surface area contributed by atoms with E-state index in [0.29, 0.717) is 21.7 Å². The first-order valence-electron chi connectivity index (χ1n) is 13.0. The van der Waals surface area contributed by atoms with Crippen molar-refractivity contribution in [3.8, 4) is 0 Å². The Labute approximate surface area is 231 Å². The lowest BCUT2D eigenvalue weighted by molar-refractivity contribution is 0.0666. The van der Waals surface area contributed by atoms with Gasteiger partial charge in [0.15, 0.2) is 17.3 Å². The van der Waals surface area contributed by atoms with E-state index in [0.717, 1.165) is 22.4 Å². The highest BCUT2D eigenvalue weighted by Crippen LogP contribution is 2.61. The minimum absolute atomic E-state index is 0.126. The summed E-state index contributed by atoms with van der Waals surface area (Å²) in [5, 5.41) is 0.544. The normalized spacial score (nSPS) is 22.1. The van der Waals surface area contributed by atoms with Crippen LogP contribution in [0, 0.1) is 12.3 Å². The van der Waals surface area contributed by atoms with Crippen LogP contribution >= 0.6 is 11.6 Å². The average Bonchev–Trinajstić information content (AvgIpc) is 3.40. The van der Waals surface area contributed by atoms with Crippen molar-refractivity contribution in [3.05, 3.63) is 142 Å². The molecule has 1 spiro atoms. The third-order valence-electron chi connectivity index (χ3n) is 8.55. The maximum Gasteiger partial charge on any atom is 0.185 e. The number of halogens is 1. The van der Waals surface area contributed by atoms with Gasteiger partial charge in [-0.3, -0.25) is 14.4 Å². The molecule has 0 unspecified atom stereocenters. The first-order valence-corrected chi connectivity index (χ1v) is 13.4. The second kappa shape index (κ2) is 8.62. The lowest BCUT2D eigenvalue weighted by Gasteiger charge is -2.37. The van der Waals surface area contributed by atoms with Crippen molar-refractivity contribution in [2.24, 2.45) is 5.41 Å². The highest BCUT2D eigenvalue weighted by Gasteiger charge is 2.71. The molecule has 4 aromatic carbocycles. The highest BCUT2D eigenvalue weighted by molar-refractivity contribution is 6.32. The Bertz CT molecular complexity index is 1670. The van der Waals surface area contributed by atoms with Crippen molar-refractivity contribution in [2.75, 3.05) is 4.90 Å². The third-order valence-corrected chi connectivity index (χ3v) is 8.80. The lowest BCUT2D eigenvalue weighted by Crippen LogP contribution is -2.48. The van der Waals surface area contributed by atoms with E-state index in [4.69, 9.17) is 11.6 Å². The zero-order chi connectivity index (χ0) is 26.9. The predicted octanol–water partition coefficient (Wildman–Crippen LogP) is 6.96. The maximum absolute atomic E-state index is 14.6. The summed E-state index contributed by atoms with van der Waals surface area (Å²) in [6, 6.07) is 28.1. The first kappa shape index (κ1) is 23.8. The number of benzene rings is 4. The van der Waals surface area contributed by atoms with E-state index in [2.05, 4.69) is 0 Å². The molecule has 39 heavy (non-hydrogen) atoms. The molecule has 1 fully saturated rings. The fourth-order valence-corrected chi connectivity index (χ4v) is 6.98. The SMILES string of the molecule is Cc1ccc(C(=O)[C@@H]2[C@H](c3ccc(Cl)cc3)C3(C(=O)c4ccccc4C3=O)[C@@H]3C=Cc4ccccc4N23)cc1. The number of carbonyl (C=O) groups is 3. The van der Waals surface area contributed by atoms with Crippen LogP contribution in [0.1, 0.15) is 53.7 Å². The van der Waals surface area contributed by atoms with Crippen molar-refractivity contribution >= 4 is 40.7 Å². The summed E-state index contributed by atoms with van der Waals surface area (Å²) < 4.78 is 0. The van der Waals surface area contributed by atoms with Crippen LogP contribution in [0.3, 0.4) is 0 Å². The van der Waals surface area contributed by atoms with Crippen LogP contribution in [0.25, 0.3) is 6.08 Å². The second-order valence-electron chi connectivity index (χ2n) is 10.5. The Hall–Kier alpha value is -4.28. The molecule has 0 saturated carbocycles. The van der Waals surface area contributed by atoms with Crippen molar-refractivity contribution < 1.29 is 14.4 Å². The Balaban J connectivity index is 1.54. The topological polar surface area (TPSA) is 54.5 Å². The van der Waals surface area contributed by atoms with Crippen LogP contribution in [-0.2, 0) is 0 Å². The molecule has 2 aliphatic heterocycles. The van der Waals surface area contributed by atoms with Crippen molar-refractivity contribution in [2.45, 2.75) is 24.9 Å². The van der Waals surface area contributed by atoms with Gasteiger partial charge < -0.3 is 4.90 Å². The van der Waals surface area contributed by atoms with E-state index in [1.165, 1.54) is 0 Å². The van der Waals surface area contributed by atoms with Gasteiger partial charge in [-0.25, -0.2) is 0 Å². The van der Waals surface area contributed by atoms with Crippen molar-refractivity contribution in [1.82, 2.24) is 0 Å². The summed E-state index contributed by atoms with van der Waals surface area (Å²) in [4.78, 5) is 45.8. The zero-order valence-electron chi connectivity index (χ0n) is 21.2. The fourth-order valence-electron chi connectivity index (χ4n) is 6.85. The van der Waals surface area contributed by atoms with Crippen LogP contribution < -0.4 is 4.90 Å². The van der Waals surface area contributed by atoms with E-state index in [9.17, 15) is 14.4 Å². The van der Waals surface area contributed by atoms with Crippen LogP contribution in [0.2, 0.25) is 5.02 Å². The number of Topliss-reactive ketones (excluding diaryl/α,β-unsaturated/α-hetero) is 3. The average molecular weight is 530 g/mol. The molecule has 4 nitrogen and oxygen atoms in total. The highest BCUT2D eigenvalue weighted by atomic mass is 35.5. The largest absolute Gasteiger partial charge is 0.352 e. The van der Waals surface area contributed by atoms with Gasteiger partial charge in [0.05, 0.1) is 6.04 Å². The molecule has 0 amide bonds. The van der Waals surface area contributed by atoms with Gasteiger partial charge in [0.2, 0.25) is 0 Å². The summed E-state index contributed by atoms with van der Waals surface area (Å²) in [6.45, 7) is 1.98. The number of rotatable bonds is 3. The first-order chi connectivity index (χ1) is 18.9. The molecule has 0 N–H and O–H groups in total. The Morgan fingerprint density at radius 3 is 2.08 bits per heavy atom. The number of hydrogen-bond donors (Lipinski definition) is 0. The van der Waals surface area contributed by atoms with Gasteiger partial charge in [0.1, 0.15) is 11.5 Å². The molecular weight excluding hydrogens is 506 g/mol. The molecule has 2 heterocycles. The summed E-state index contributed by atoms with van der Waals surface area (Å²) in [5.41, 5.74) is 3.42. The summed E-state index contributed by atoms with van der Waals surface area (Å²) in [7, 11) is 0. The minimum Gasteiger partial charge on any atom is -0.352 e. The van der Waals surface area contributed by atoms with Gasteiger partial charge in [0, 0.05) is 33.3 Å². The molecule has 190 valence electrons. The molecular formula is C34H24ClNO3. The van der Waals surface area contributed by atoms with Gasteiger partial charge >= 0.3 is 0 Å². The van der Waals surface area contributed by atoms with Gasteiger partial charge in [-0.15, -0.1) is 0 Å². The van der Waals surface area contributed by atoms with E-state index < -0.39 is 23.4 Å². The van der Waals surface area contributed by atoms with Gasteiger partial charge in [0.25, 0.3) is 0 Å². The summed E-state index contributed by atoms with van der Waals surface area (Å²) in [5.74, 6) is -1.34. The molecule has 0 radical (unpaired) electrons. The Kier molecular flexibility index (Phi) is 5.26. The monoisotopic (exact) mass is 529 g/mol. The van der Waals surface area contributed by atoms with E-state index in [-0.39, 0.29) is 17.3 Å². The van der Waals surface area contributed by atoms with E-state index in [1.807, 2.05) is 84.6 Å². The van der Waals surface area contributed by atoms with Crippen molar-refractivity contribution in [3.63, 3.8) is 0 Å². The van der Waals surface area contributed by atoms with Crippen molar-refractivity contribution in [1.29, 1.82) is 0 Å². The summed E-state index contributed by atoms with van der Waals surface area (Å²) >= 11 is 6.28. The van der Waals surface area contributed by atoms with Crippen LogP contribution in [0.15, 0.2) is 103 Å². The molecule has 5 heteroatoms. The van der Waals surface area contributed by atoms with E-state index >= 15 is 0 Å². The number of para-hydroxylation sites is 1. The van der Waals surface area contributed by atoms with E-state index in [1.54, 1.807) is 36.4 Å². The third kappa shape index (κ3) is 3.22. The van der Waals surface area contributed by atoms with Crippen LogP contribution in [0.4, 0.5) is 5.69 Å². The number of ketones is 3. The number of hydrogen-bond acceptors (Lipinski definition) is 4. The second-order valence-corrected chi connectivity index (χ2v) is 11.0. The molecule has 0 aromatic heterocycles. The lowest BCUT2D eigenvalue weighted by atomic mass is 9.64. The zero-order valence-corrected chi connectivity index (χ0v) is 21.9. The number of carbonyl (C=O) groups excluding carboxylic acids is 3. The quantitative estimate of drug-likeness (QED) is 0.212.